The molecule has 0 bridgehead atoms. The molecule has 3 aromatic rings. The summed E-state index contributed by atoms with van der Waals surface area (Å²) in [5.74, 6) is 1.63. The van der Waals surface area contributed by atoms with Crippen molar-refractivity contribution < 1.29 is 6.13 Å². The Hall–Kier alpha value is -2.53. The van der Waals surface area contributed by atoms with Gasteiger partial charge in [-0.2, -0.15) is 0 Å². The second-order valence-corrected chi connectivity index (χ2v) is 9.64. The molecule has 0 aromatic heterocycles. The third-order valence-electron chi connectivity index (χ3n) is 3.92. The van der Waals surface area contributed by atoms with E-state index in [-0.39, 0.29) is 0 Å². The van der Waals surface area contributed by atoms with Crippen LogP contribution in [0.4, 0.5) is 0 Å². The Balaban J connectivity index is 1.83. The van der Waals surface area contributed by atoms with Gasteiger partial charge in [-0.05, 0) is 0 Å². The number of hydrogen-bond donors (Lipinski definition) is 0. The Kier molecular flexibility index (Phi) is 6.35. The molecule has 0 atom stereocenters. The zero-order valence-corrected chi connectivity index (χ0v) is 17.8. The van der Waals surface area contributed by atoms with E-state index in [4.69, 9.17) is 6.13 Å². The van der Waals surface area contributed by atoms with Gasteiger partial charge in [0.25, 0.3) is 0 Å². The molecule has 0 amide bonds. The fourth-order valence-electron chi connectivity index (χ4n) is 2.37. The molecular weight excluding hydrogens is 447 g/mol. The number of allylic oxidation sites excluding steroid dienone is 2. The zero-order valence-electron chi connectivity index (χ0n) is 15.6. The van der Waals surface area contributed by atoms with Crippen molar-refractivity contribution in [1.82, 2.24) is 0 Å². The van der Waals surface area contributed by atoms with Crippen molar-refractivity contribution in [2.75, 3.05) is 0 Å². The van der Waals surface area contributed by atoms with Gasteiger partial charge in [0.1, 0.15) is 0 Å². The molecule has 0 saturated carbocycles. The van der Waals surface area contributed by atoms with Crippen molar-refractivity contribution in [1.29, 1.82) is 0 Å². The molecule has 0 radical (unpaired) electrons. The Labute approximate surface area is 169 Å². The van der Waals surface area contributed by atoms with Gasteiger partial charge in [-0.1, -0.05) is 0 Å². The fourth-order valence-corrected chi connectivity index (χ4v) is 5.48. The molecule has 0 saturated heterocycles. The molecule has 0 aliphatic carbocycles. The first-order valence-electron chi connectivity index (χ1n) is 8.67. The average Bonchev–Trinajstić information content (AvgIpc) is 2.69. The first-order valence-corrected chi connectivity index (χ1v) is 11.5. The third-order valence-corrected chi connectivity index (χ3v) is 7.48. The van der Waals surface area contributed by atoms with E-state index < -0.39 is 20.6 Å². The van der Waals surface area contributed by atoms with Gasteiger partial charge in [0.2, 0.25) is 0 Å². The summed E-state index contributed by atoms with van der Waals surface area (Å²) in [7, 11) is 0. The van der Waals surface area contributed by atoms with Crippen LogP contribution >= 0.6 is 20.6 Å². The predicted octanol–water partition coefficient (Wildman–Crippen LogP) is 7.42. The van der Waals surface area contributed by atoms with Crippen molar-refractivity contribution in [3.63, 3.8) is 0 Å². The molecule has 27 heavy (non-hydrogen) atoms. The molecule has 0 aliphatic heterocycles. The zero-order chi connectivity index (χ0) is 19.2. The number of rotatable bonds is 7. The molecular formula is C24H23IO2. The van der Waals surface area contributed by atoms with Gasteiger partial charge in [-0.15, -0.1) is 0 Å². The van der Waals surface area contributed by atoms with E-state index in [9.17, 15) is 0 Å². The van der Waals surface area contributed by atoms with Crippen LogP contribution in [0, 0.1) is 3.57 Å². The summed E-state index contributed by atoms with van der Waals surface area (Å²) in [6, 6.07) is 26.2. The fraction of sp³-hybridized carbons (Fsp3) is 0.0833. The standard InChI is InChI=1S/C24H23IO2/c1-18(2)20-10-14-23(15-11-20)26-25(22-8-6-5-7-9-22)27-24-16-12-21(13-17-24)19(3)4/h5-17H,1,3H2,2,4H3. The normalized spacial score (nSPS) is 10.8. The molecule has 0 N–H and O–H groups in total. The molecule has 2 nitrogen and oxygen atoms in total. The van der Waals surface area contributed by atoms with E-state index in [1.165, 1.54) is 0 Å². The van der Waals surface area contributed by atoms with E-state index in [1.54, 1.807) is 0 Å². The second kappa shape index (κ2) is 8.91. The van der Waals surface area contributed by atoms with Crippen LogP contribution in [0.2, 0.25) is 0 Å². The van der Waals surface area contributed by atoms with Crippen LogP contribution in [-0.2, 0) is 0 Å². The van der Waals surface area contributed by atoms with Crippen LogP contribution in [0.1, 0.15) is 25.0 Å². The van der Waals surface area contributed by atoms with Crippen molar-refractivity contribution in [3.8, 4) is 11.5 Å². The first-order chi connectivity index (χ1) is 13.0. The average molecular weight is 470 g/mol. The van der Waals surface area contributed by atoms with Gasteiger partial charge in [0.15, 0.2) is 0 Å². The maximum absolute atomic E-state index is 6.30. The SMILES string of the molecule is C=C(C)c1ccc(OI(Oc2ccc(C(=C)C)cc2)c2ccccc2)cc1. The van der Waals surface area contributed by atoms with Crippen molar-refractivity contribution in [2.45, 2.75) is 13.8 Å². The summed E-state index contributed by atoms with van der Waals surface area (Å²) in [6.07, 6.45) is 0. The molecule has 138 valence electrons. The Morgan fingerprint density at radius 1 is 0.630 bits per heavy atom. The van der Waals surface area contributed by atoms with E-state index in [2.05, 4.69) is 25.3 Å². The molecule has 3 heteroatoms. The summed E-state index contributed by atoms with van der Waals surface area (Å²) in [6.45, 7) is 11.9. The number of hydrogen-bond acceptors (Lipinski definition) is 2. The molecule has 0 heterocycles. The van der Waals surface area contributed by atoms with Crippen molar-refractivity contribution in [3.05, 3.63) is 107 Å². The minimum atomic E-state index is -2.38. The summed E-state index contributed by atoms with van der Waals surface area (Å²) in [5.41, 5.74) is 4.29. The van der Waals surface area contributed by atoms with Crippen LogP contribution in [0.15, 0.2) is 92.0 Å². The van der Waals surface area contributed by atoms with Crippen LogP contribution in [0.3, 0.4) is 0 Å². The van der Waals surface area contributed by atoms with Gasteiger partial charge in [0.05, 0.1) is 0 Å². The van der Waals surface area contributed by atoms with Crippen LogP contribution < -0.4 is 6.13 Å². The summed E-state index contributed by atoms with van der Waals surface area (Å²) < 4.78 is 13.7. The minimum absolute atomic E-state index is 0.813. The molecule has 0 spiro atoms. The van der Waals surface area contributed by atoms with E-state index in [0.717, 1.165) is 37.3 Å². The van der Waals surface area contributed by atoms with Crippen LogP contribution in [0.25, 0.3) is 11.1 Å². The monoisotopic (exact) mass is 470 g/mol. The van der Waals surface area contributed by atoms with Gasteiger partial charge < -0.3 is 0 Å². The van der Waals surface area contributed by atoms with Gasteiger partial charge in [-0.25, -0.2) is 0 Å². The quantitative estimate of drug-likeness (QED) is 0.335. The van der Waals surface area contributed by atoms with Crippen LogP contribution in [-0.4, -0.2) is 0 Å². The summed E-state index contributed by atoms with van der Waals surface area (Å²) in [5, 5.41) is 0. The first kappa shape index (κ1) is 19.2. The molecule has 3 rings (SSSR count). The van der Waals surface area contributed by atoms with E-state index >= 15 is 0 Å². The molecule has 0 unspecified atom stereocenters. The molecule has 0 aliphatic rings. The summed E-state index contributed by atoms with van der Waals surface area (Å²) in [4.78, 5) is 0. The van der Waals surface area contributed by atoms with E-state index in [0.29, 0.717) is 0 Å². The number of halogens is 1. The van der Waals surface area contributed by atoms with Gasteiger partial charge >= 0.3 is 170 Å². The Morgan fingerprint density at radius 2 is 1.04 bits per heavy atom. The Morgan fingerprint density at radius 3 is 1.41 bits per heavy atom. The van der Waals surface area contributed by atoms with Crippen molar-refractivity contribution in [2.24, 2.45) is 0 Å². The second-order valence-electron chi connectivity index (χ2n) is 6.28. The van der Waals surface area contributed by atoms with Gasteiger partial charge in [0, 0.05) is 0 Å². The Bertz CT molecular complexity index is 853. The summed E-state index contributed by atoms with van der Waals surface area (Å²) >= 11 is -2.38. The van der Waals surface area contributed by atoms with Crippen molar-refractivity contribution >= 4 is 31.8 Å². The molecule has 0 fully saturated rings. The van der Waals surface area contributed by atoms with Gasteiger partial charge in [-0.3, -0.25) is 0 Å². The molecule has 3 aromatic carbocycles. The third kappa shape index (κ3) is 5.23. The van der Waals surface area contributed by atoms with Crippen LogP contribution in [0.5, 0.6) is 11.5 Å². The predicted molar refractivity (Wildman–Crippen MR) is 123 cm³/mol. The topological polar surface area (TPSA) is 18.5 Å². The maximum atomic E-state index is 6.30. The van der Waals surface area contributed by atoms with E-state index in [1.807, 2.05) is 80.6 Å². The number of benzene rings is 3.